The lowest BCUT2D eigenvalue weighted by Gasteiger charge is -2.33. The van der Waals surface area contributed by atoms with Crippen LogP contribution in [0.2, 0.25) is 0 Å². The van der Waals surface area contributed by atoms with Crippen LogP contribution < -0.4 is 5.56 Å². The summed E-state index contributed by atoms with van der Waals surface area (Å²) in [6, 6.07) is 3.70. The number of sulfonamides is 1. The maximum atomic E-state index is 13.0. The molecule has 0 bridgehead atoms. The van der Waals surface area contributed by atoms with Gasteiger partial charge in [0.1, 0.15) is 5.76 Å². The van der Waals surface area contributed by atoms with Gasteiger partial charge in [-0.3, -0.25) is 9.69 Å². The highest BCUT2D eigenvalue weighted by Crippen LogP contribution is 2.31. The zero-order valence-electron chi connectivity index (χ0n) is 17.3. The summed E-state index contributed by atoms with van der Waals surface area (Å²) in [5.74, 6) is 0.502. The molecule has 3 aromatic rings. The Kier molecular flexibility index (Phi) is 5.59. The molecule has 32 heavy (non-hydrogen) atoms. The zero-order valence-corrected chi connectivity index (χ0v) is 18.1. The van der Waals surface area contributed by atoms with Gasteiger partial charge in [-0.1, -0.05) is 11.2 Å². The first-order chi connectivity index (χ1) is 15.0. The fourth-order valence-electron chi connectivity index (χ4n) is 3.72. The Morgan fingerprint density at radius 1 is 1.12 bits per heavy atom. The van der Waals surface area contributed by atoms with Crippen molar-refractivity contribution in [2.75, 3.05) is 26.2 Å². The number of aryl methyl sites for hydroxylation is 2. The summed E-state index contributed by atoms with van der Waals surface area (Å²) >= 11 is 0. The third-order valence-electron chi connectivity index (χ3n) is 5.40. The van der Waals surface area contributed by atoms with Crippen molar-refractivity contribution in [1.82, 2.24) is 24.1 Å². The van der Waals surface area contributed by atoms with Crippen LogP contribution in [0.25, 0.3) is 10.9 Å². The van der Waals surface area contributed by atoms with Crippen LogP contribution in [-0.2, 0) is 22.9 Å². The number of benzene rings is 1. The smallest absolute Gasteiger partial charge is 0.360 e. The number of alkyl halides is 3. The summed E-state index contributed by atoms with van der Waals surface area (Å²) < 4.78 is 72.0. The fraction of sp³-hybridized carbons (Fsp3) is 0.421. The van der Waals surface area contributed by atoms with Crippen molar-refractivity contribution in [1.29, 1.82) is 0 Å². The van der Waals surface area contributed by atoms with E-state index in [1.165, 1.54) is 4.68 Å². The van der Waals surface area contributed by atoms with Crippen molar-refractivity contribution in [2.24, 2.45) is 0 Å². The van der Waals surface area contributed by atoms with Crippen LogP contribution in [0.5, 0.6) is 0 Å². The van der Waals surface area contributed by atoms with Gasteiger partial charge in [0, 0.05) is 26.2 Å². The first-order valence-corrected chi connectivity index (χ1v) is 11.2. The Bertz CT molecular complexity index is 1320. The van der Waals surface area contributed by atoms with E-state index < -0.39 is 32.2 Å². The van der Waals surface area contributed by atoms with Crippen LogP contribution in [0.1, 0.15) is 17.0 Å². The Morgan fingerprint density at radius 2 is 1.81 bits per heavy atom. The number of rotatable bonds is 4. The highest BCUT2D eigenvalue weighted by atomic mass is 32.2. The Balaban J connectivity index is 1.49. The molecule has 0 saturated carbocycles. The number of aromatic nitrogens is 3. The van der Waals surface area contributed by atoms with E-state index in [1.807, 2.05) is 4.90 Å². The summed E-state index contributed by atoms with van der Waals surface area (Å²) in [6.07, 6.45) is -4.63. The molecule has 0 radical (unpaired) electrons. The molecule has 9 nitrogen and oxygen atoms in total. The number of halogens is 3. The lowest BCUT2D eigenvalue weighted by atomic mass is 10.2. The van der Waals surface area contributed by atoms with E-state index in [0.29, 0.717) is 22.9 Å². The highest BCUT2D eigenvalue weighted by Gasteiger charge is 2.34. The highest BCUT2D eigenvalue weighted by molar-refractivity contribution is 7.89. The second-order valence-electron chi connectivity index (χ2n) is 7.54. The van der Waals surface area contributed by atoms with Gasteiger partial charge in [0.2, 0.25) is 10.0 Å². The average molecular weight is 471 g/mol. The first kappa shape index (κ1) is 22.4. The molecule has 0 unspecified atom stereocenters. The van der Waals surface area contributed by atoms with Crippen molar-refractivity contribution in [3.05, 3.63) is 51.6 Å². The third kappa shape index (κ3) is 4.02. The predicted octanol–water partition coefficient (Wildman–Crippen LogP) is 1.98. The molecule has 0 aliphatic carbocycles. The van der Waals surface area contributed by atoms with Crippen LogP contribution in [-0.4, -0.2) is 58.7 Å². The molecule has 1 aromatic carbocycles. The van der Waals surface area contributed by atoms with Gasteiger partial charge in [-0.2, -0.15) is 22.6 Å². The standard InChI is InChI=1S/C19H20F3N5O4S/c1-12-16-13(2)31-24-17(16)18(28)27(23-12)11-25-6-8-26(9-7-25)32(29,30)15-5-3-4-14(10-15)19(20,21)22/h3-5,10H,6-9,11H2,1-2H3. The van der Waals surface area contributed by atoms with E-state index >= 15 is 0 Å². The van der Waals surface area contributed by atoms with Crippen molar-refractivity contribution in [3.8, 4) is 0 Å². The first-order valence-electron chi connectivity index (χ1n) is 9.72. The van der Waals surface area contributed by atoms with Gasteiger partial charge >= 0.3 is 6.18 Å². The van der Waals surface area contributed by atoms with Crippen molar-refractivity contribution in [2.45, 2.75) is 31.6 Å². The molecule has 13 heteroatoms. The third-order valence-corrected chi connectivity index (χ3v) is 7.29. The molecule has 0 amide bonds. The van der Waals surface area contributed by atoms with Gasteiger partial charge in [-0.25, -0.2) is 13.1 Å². The molecule has 1 fully saturated rings. The zero-order chi connectivity index (χ0) is 23.3. The Labute approximate surface area is 181 Å². The van der Waals surface area contributed by atoms with Crippen LogP contribution >= 0.6 is 0 Å². The van der Waals surface area contributed by atoms with Crippen LogP contribution in [0.4, 0.5) is 13.2 Å². The second kappa shape index (κ2) is 7.98. The Hall–Kier alpha value is -2.77. The van der Waals surface area contributed by atoms with Crippen LogP contribution in [0.3, 0.4) is 0 Å². The minimum atomic E-state index is -4.63. The maximum Gasteiger partial charge on any atom is 0.416 e. The molecule has 1 aliphatic rings. The molecule has 0 atom stereocenters. The number of nitrogens with zero attached hydrogens (tertiary/aromatic N) is 5. The summed E-state index contributed by atoms with van der Waals surface area (Å²) in [4.78, 5) is 14.1. The second-order valence-corrected chi connectivity index (χ2v) is 9.48. The van der Waals surface area contributed by atoms with Crippen LogP contribution in [0, 0.1) is 13.8 Å². The number of fused-ring (bicyclic) bond motifs is 1. The minimum absolute atomic E-state index is 0.0671. The molecule has 3 heterocycles. The van der Waals surface area contributed by atoms with E-state index in [2.05, 4.69) is 10.3 Å². The molecular formula is C19H20F3N5O4S. The quantitative estimate of drug-likeness (QED) is 0.574. The SMILES string of the molecule is Cc1nn(CN2CCN(S(=O)(=O)c3cccc(C(F)(F)F)c3)CC2)c(=O)c2noc(C)c12. The normalized spacial score (nSPS) is 16.7. The summed E-state index contributed by atoms with van der Waals surface area (Å²) in [6.45, 7) is 4.25. The monoisotopic (exact) mass is 471 g/mol. The van der Waals surface area contributed by atoms with E-state index in [-0.39, 0.29) is 38.4 Å². The lowest BCUT2D eigenvalue weighted by molar-refractivity contribution is -0.137. The summed E-state index contributed by atoms with van der Waals surface area (Å²) in [5.41, 5.74) is -0.664. The molecule has 1 aliphatic heterocycles. The molecule has 1 saturated heterocycles. The molecule has 4 rings (SSSR count). The predicted molar refractivity (Wildman–Crippen MR) is 107 cm³/mol. The molecule has 0 spiro atoms. The topological polar surface area (TPSA) is 102 Å². The largest absolute Gasteiger partial charge is 0.416 e. The van der Waals surface area contributed by atoms with Crippen molar-refractivity contribution < 1.29 is 26.1 Å². The number of piperazine rings is 1. The van der Waals surface area contributed by atoms with E-state index in [9.17, 15) is 26.4 Å². The van der Waals surface area contributed by atoms with Gasteiger partial charge in [0.15, 0.2) is 5.52 Å². The Morgan fingerprint density at radius 3 is 2.47 bits per heavy atom. The number of hydrogen-bond donors (Lipinski definition) is 0. The van der Waals surface area contributed by atoms with E-state index in [1.54, 1.807) is 13.8 Å². The van der Waals surface area contributed by atoms with Gasteiger partial charge in [-0.15, -0.1) is 0 Å². The van der Waals surface area contributed by atoms with E-state index in [0.717, 1.165) is 22.5 Å². The maximum absolute atomic E-state index is 13.0. The van der Waals surface area contributed by atoms with Crippen molar-refractivity contribution >= 4 is 20.9 Å². The summed E-state index contributed by atoms with van der Waals surface area (Å²) in [7, 11) is -4.08. The molecule has 0 N–H and O–H groups in total. The van der Waals surface area contributed by atoms with Gasteiger partial charge < -0.3 is 4.52 Å². The average Bonchev–Trinajstić information content (AvgIpc) is 3.14. The fourth-order valence-corrected chi connectivity index (χ4v) is 5.19. The summed E-state index contributed by atoms with van der Waals surface area (Å²) in [5, 5.41) is 8.67. The van der Waals surface area contributed by atoms with Crippen LogP contribution in [0.15, 0.2) is 38.5 Å². The van der Waals surface area contributed by atoms with Gasteiger partial charge in [0.25, 0.3) is 5.56 Å². The number of hydrogen-bond acceptors (Lipinski definition) is 7. The van der Waals surface area contributed by atoms with Gasteiger partial charge in [-0.05, 0) is 32.0 Å². The molecule has 172 valence electrons. The lowest BCUT2D eigenvalue weighted by Crippen LogP contribution is -2.49. The minimum Gasteiger partial charge on any atom is -0.360 e. The van der Waals surface area contributed by atoms with E-state index in [4.69, 9.17) is 4.52 Å². The molecular weight excluding hydrogens is 451 g/mol. The van der Waals surface area contributed by atoms with Gasteiger partial charge in [0.05, 0.1) is 28.2 Å². The molecule has 2 aromatic heterocycles. The van der Waals surface area contributed by atoms with Crippen molar-refractivity contribution in [3.63, 3.8) is 0 Å².